The van der Waals surface area contributed by atoms with E-state index in [1.807, 2.05) is 0 Å². The highest BCUT2D eigenvalue weighted by atomic mass is 32.1. The Balaban J connectivity index is 1.86. The highest BCUT2D eigenvalue weighted by molar-refractivity contribution is 7.13. The molecule has 0 aliphatic carbocycles. The molecule has 0 spiro atoms. The van der Waals surface area contributed by atoms with E-state index in [0.717, 1.165) is 0 Å². The Morgan fingerprint density at radius 3 is 3.06 bits per heavy atom. The Morgan fingerprint density at radius 1 is 1.47 bits per heavy atom. The van der Waals surface area contributed by atoms with Gasteiger partial charge in [-0.3, -0.25) is 10.1 Å². The number of nitrogens with zero attached hydrogens (tertiary/aromatic N) is 2. The third-order valence-electron chi connectivity index (χ3n) is 1.84. The first kappa shape index (κ1) is 11.3. The van der Waals surface area contributed by atoms with Crippen molar-refractivity contribution in [3.63, 3.8) is 0 Å². The van der Waals surface area contributed by atoms with Gasteiger partial charge in [-0.05, 0) is 12.1 Å². The Bertz CT molecular complexity index is 501. The van der Waals surface area contributed by atoms with E-state index in [9.17, 15) is 4.79 Å². The number of pyridine rings is 1. The second-order valence-corrected chi connectivity index (χ2v) is 3.96. The van der Waals surface area contributed by atoms with Crippen LogP contribution in [0.25, 0.3) is 0 Å². The number of carbonyl (C=O) groups excluding carboxylic acids is 1. The van der Waals surface area contributed by atoms with Gasteiger partial charge in [0.2, 0.25) is 0 Å². The summed E-state index contributed by atoms with van der Waals surface area (Å²) in [6.07, 6.45) is 3.16. The van der Waals surface area contributed by atoms with Crippen molar-refractivity contribution in [1.82, 2.24) is 9.97 Å². The van der Waals surface area contributed by atoms with Crippen LogP contribution in [0.1, 0.15) is 0 Å². The van der Waals surface area contributed by atoms with Crippen molar-refractivity contribution in [1.29, 1.82) is 0 Å². The number of nitrogens with two attached hydrogens (primary N) is 1. The minimum atomic E-state index is -0.289. The Labute approximate surface area is 101 Å². The van der Waals surface area contributed by atoms with E-state index in [2.05, 4.69) is 15.3 Å². The molecule has 0 fully saturated rings. The molecule has 1 amide bonds. The van der Waals surface area contributed by atoms with E-state index in [4.69, 9.17) is 10.5 Å². The Morgan fingerprint density at radius 2 is 2.35 bits per heavy atom. The highest BCUT2D eigenvalue weighted by Gasteiger charge is 2.06. The Hall–Kier alpha value is -2.15. The highest BCUT2D eigenvalue weighted by Crippen LogP contribution is 2.16. The molecule has 2 aromatic heterocycles. The number of nitrogen functional groups attached to an aromatic ring is 1. The van der Waals surface area contributed by atoms with Gasteiger partial charge in [0, 0.05) is 17.8 Å². The van der Waals surface area contributed by atoms with Crippen LogP contribution in [0.5, 0.6) is 5.75 Å². The number of carbonyl (C=O) groups is 1. The van der Waals surface area contributed by atoms with Crippen molar-refractivity contribution >= 4 is 28.2 Å². The summed E-state index contributed by atoms with van der Waals surface area (Å²) < 4.78 is 5.22. The minimum absolute atomic E-state index is 0.129. The molecule has 0 atom stereocenters. The number of hydrogen-bond donors (Lipinski definition) is 2. The number of amides is 1. The number of thiazole rings is 1. The van der Waals surface area contributed by atoms with Crippen molar-refractivity contribution in [2.45, 2.75) is 0 Å². The van der Waals surface area contributed by atoms with E-state index in [0.29, 0.717) is 10.9 Å². The summed E-state index contributed by atoms with van der Waals surface area (Å²) in [6.45, 7) is -0.129. The Kier molecular flexibility index (Phi) is 3.51. The maximum absolute atomic E-state index is 11.5. The zero-order valence-corrected chi connectivity index (χ0v) is 9.61. The monoisotopic (exact) mass is 250 g/mol. The van der Waals surface area contributed by atoms with E-state index in [-0.39, 0.29) is 18.3 Å². The molecule has 88 valence electrons. The molecule has 0 aromatic carbocycles. The lowest BCUT2D eigenvalue weighted by Gasteiger charge is -2.06. The molecule has 17 heavy (non-hydrogen) atoms. The third kappa shape index (κ3) is 3.15. The number of ether oxygens (including phenoxy) is 1. The summed E-state index contributed by atoms with van der Waals surface area (Å²) in [7, 11) is 0. The standard InChI is InChI=1S/C10H10N4O2S/c11-9-7(2-1-3-12-9)16-6-8(15)14-10-13-4-5-17-10/h1-5H,6H2,(H2,11,12)(H,13,14,15). The van der Waals surface area contributed by atoms with Crippen LogP contribution in [0, 0.1) is 0 Å². The second kappa shape index (κ2) is 5.26. The maximum Gasteiger partial charge on any atom is 0.264 e. The molecule has 0 saturated carbocycles. The molecule has 2 heterocycles. The predicted octanol–water partition coefficient (Wildman–Crippen LogP) is 1.14. The topological polar surface area (TPSA) is 90.1 Å². The van der Waals surface area contributed by atoms with Gasteiger partial charge in [-0.1, -0.05) is 0 Å². The first-order valence-corrected chi connectivity index (χ1v) is 5.66. The van der Waals surface area contributed by atoms with Crippen LogP contribution in [0.4, 0.5) is 10.9 Å². The summed E-state index contributed by atoms with van der Waals surface area (Å²) in [4.78, 5) is 19.2. The molecule has 0 radical (unpaired) electrons. The second-order valence-electron chi connectivity index (χ2n) is 3.06. The number of nitrogens with one attached hydrogen (secondary N) is 1. The van der Waals surface area contributed by atoms with Crippen LogP contribution in [0.15, 0.2) is 29.9 Å². The molecule has 6 nitrogen and oxygen atoms in total. The fourth-order valence-corrected chi connectivity index (χ4v) is 1.65. The van der Waals surface area contributed by atoms with E-state index in [1.165, 1.54) is 11.3 Å². The lowest BCUT2D eigenvalue weighted by Crippen LogP contribution is -2.20. The molecule has 7 heteroatoms. The molecule has 0 aliphatic rings. The molecule has 0 bridgehead atoms. The van der Waals surface area contributed by atoms with Gasteiger partial charge in [-0.15, -0.1) is 11.3 Å². The van der Waals surface area contributed by atoms with Crippen LogP contribution in [0.3, 0.4) is 0 Å². The summed E-state index contributed by atoms with van der Waals surface area (Å²) >= 11 is 1.34. The lowest BCUT2D eigenvalue weighted by atomic mass is 10.4. The molecule has 3 N–H and O–H groups in total. The van der Waals surface area contributed by atoms with Crippen molar-refractivity contribution in [3.8, 4) is 5.75 Å². The van der Waals surface area contributed by atoms with Crippen molar-refractivity contribution in [2.75, 3.05) is 17.7 Å². The fourth-order valence-electron chi connectivity index (χ4n) is 1.11. The van der Waals surface area contributed by atoms with Gasteiger partial charge >= 0.3 is 0 Å². The summed E-state index contributed by atoms with van der Waals surface area (Å²) in [5.74, 6) is 0.361. The molecule has 0 saturated heterocycles. The number of rotatable bonds is 4. The zero-order chi connectivity index (χ0) is 12.1. The van der Waals surface area contributed by atoms with Crippen LogP contribution < -0.4 is 15.8 Å². The van der Waals surface area contributed by atoms with E-state index >= 15 is 0 Å². The minimum Gasteiger partial charge on any atom is -0.480 e. The summed E-state index contributed by atoms with van der Waals surface area (Å²) in [5, 5.41) is 4.91. The molecule has 2 rings (SSSR count). The molecular weight excluding hydrogens is 240 g/mol. The van der Waals surface area contributed by atoms with Crippen LogP contribution in [0.2, 0.25) is 0 Å². The normalized spacial score (nSPS) is 9.88. The van der Waals surface area contributed by atoms with Gasteiger partial charge in [-0.2, -0.15) is 0 Å². The third-order valence-corrected chi connectivity index (χ3v) is 2.53. The van der Waals surface area contributed by atoms with Crippen LogP contribution in [-0.4, -0.2) is 22.5 Å². The maximum atomic E-state index is 11.5. The smallest absolute Gasteiger partial charge is 0.264 e. The van der Waals surface area contributed by atoms with Gasteiger partial charge in [-0.25, -0.2) is 9.97 Å². The number of hydrogen-bond acceptors (Lipinski definition) is 6. The van der Waals surface area contributed by atoms with Gasteiger partial charge < -0.3 is 10.5 Å². The van der Waals surface area contributed by atoms with Gasteiger partial charge in [0.1, 0.15) is 0 Å². The van der Waals surface area contributed by atoms with Crippen LogP contribution in [-0.2, 0) is 4.79 Å². The van der Waals surface area contributed by atoms with Gasteiger partial charge in [0.15, 0.2) is 23.3 Å². The molecule has 2 aromatic rings. The first-order chi connectivity index (χ1) is 8.25. The van der Waals surface area contributed by atoms with Gasteiger partial charge in [0.25, 0.3) is 5.91 Å². The molecule has 0 aliphatic heterocycles. The van der Waals surface area contributed by atoms with E-state index < -0.39 is 0 Å². The van der Waals surface area contributed by atoms with Crippen molar-refractivity contribution < 1.29 is 9.53 Å². The largest absolute Gasteiger partial charge is 0.480 e. The summed E-state index contributed by atoms with van der Waals surface area (Å²) in [5.41, 5.74) is 5.56. The average molecular weight is 250 g/mol. The fraction of sp³-hybridized carbons (Fsp3) is 0.100. The van der Waals surface area contributed by atoms with Crippen molar-refractivity contribution in [3.05, 3.63) is 29.9 Å². The number of aromatic nitrogens is 2. The van der Waals surface area contributed by atoms with Crippen molar-refractivity contribution in [2.24, 2.45) is 0 Å². The van der Waals surface area contributed by atoms with Crippen LogP contribution >= 0.6 is 11.3 Å². The molecule has 0 unspecified atom stereocenters. The van der Waals surface area contributed by atoms with E-state index in [1.54, 1.807) is 29.9 Å². The number of anilines is 2. The summed E-state index contributed by atoms with van der Waals surface area (Å²) in [6, 6.07) is 3.34. The average Bonchev–Trinajstić information content (AvgIpc) is 2.81. The SMILES string of the molecule is Nc1ncccc1OCC(=O)Nc1nccs1. The quantitative estimate of drug-likeness (QED) is 0.849. The molecular formula is C10H10N4O2S. The van der Waals surface area contributed by atoms with Gasteiger partial charge in [0.05, 0.1) is 0 Å². The lowest BCUT2D eigenvalue weighted by molar-refractivity contribution is -0.118. The predicted molar refractivity (Wildman–Crippen MR) is 64.9 cm³/mol. The first-order valence-electron chi connectivity index (χ1n) is 4.78. The zero-order valence-electron chi connectivity index (χ0n) is 8.79.